The maximum Gasteiger partial charge on any atom is 0.306 e. The van der Waals surface area contributed by atoms with Gasteiger partial charge in [0, 0.05) is 19.3 Å². The van der Waals surface area contributed by atoms with Crippen molar-refractivity contribution in [1.82, 2.24) is 0 Å². The summed E-state index contributed by atoms with van der Waals surface area (Å²) in [6.45, 7) is 6.46. The highest BCUT2D eigenvalue weighted by atomic mass is 16.6. The monoisotopic (exact) mass is 933 g/mol. The topological polar surface area (TPSA) is 78.9 Å². The molecule has 0 aromatic heterocycles. The Balaban J connectivity index is 4.45. The van der Waals surface area contributed by atoms with Crippen molar-refractivity contribution in [3.63, 3.8) is 0 Å². The summed E-state index contributed by atoms with van der Waals surface area (Å²) in [5.74, 6) is -0.955. The highest BCUT2D eigenvalue weighted by Gasteiger charge is 2.19. The van der Waals surface area contributed by atoms with Crippen LogP contribution in [-0.2, 0) is 28.6 Å². The van der Waals surface area contributed by atoms with Crippen LogP contribution in [0.4, 0.5) is 0 Å². The van der Waals surface area contributed by atoms with Gasteiger partial charge in [0.05, 0.1) is 0 Å². The molecule has 0 fully saturated rings. The molecule has 0 aliphatic carbocycles. The van der Waals surface area contributed by atoms with Crippen molar-refractivity contribution in [2.45, 2.75) is 271 Å². The predicted molar refractivity (Wildman–Crippen MR) is 288 cm³/mol. The number of allylic oxidation sites excluding steroid dienone is 14. The fourth-order valence-electron chi connectivity index (χ4n) is 7.70. The number of carbonyl (C=O) groups excluding carboxylic acids is 3. The van der Waals surface area contributed by atoms with Gasteiger partial charge in [-0.25, -0.2) is 0 Å². The summed E-state index contributed by atoms with van der Waals surface area (Å²) in [5, 5.41) is 0. The Kier molecular flexibility index (Phi) is 52.4. The smallest absolute Gasteiger partial charge is 0.306 e. The molecule has 0 spiro atoms. The molecule has 67 heavy (non-hydrogen) atoms. The zero-order chi connectivity index (χ0) is 48.6. The summed E-state index contributed by atoms with van der Waals surface area (Å²) in [6.07, 6.45) is 71.4. The molecule has 0 bridgehead atoms. The molecule has 6 nitrogen and oxygen atoms in total. The molecular weight excluding hydrogens is 829 g/mol. The van der Waals surface area contributed by atoms with E-state index < -0.39 is 6.10 Å². The van der Waals surface area contributed by atoms with E-state index in [-0.39, 0.29) is 37.5 Å². The minimum Gasteiger partial charge on any atom is -0.462 e. The first kappa shape index (κ1) is 63.6. The van der Waals surface area contributed by atoms with Crippen molar-refractivity contribution >= 4 is 17.9 Å². The highest BCUT2D eigenvalue weighted by Crippen LogP contribution is 2.15. The lowest BCUT2D eigenvalue weighted by Gasteiger charge is -2.18. The summed E-state index contributed by atoms with van der Waals surface area (Å²) in [7, 11) is 0. The number of unbranched alkanes of at least 4 members (excludes halogenated alkanes) is 26. The Morgan fingerprint density at radius 1 is 0.328 bits per heavy atom. The van der Waals surface area contributed by atoms with E-state index in [2.05, 4.69) is 106 Å². The third kappa shape index (κ3) is 53.4. The molecule has 0 aliphatic rings. The van der Waals surface area contributed by atoms with Crippen molar-refractivity contribution in [1.29, 1.82) is 0 Å². The predicted octanol–water partition coefficient (Wildman–Crippen LogP) is 18.8. The molecule has 0 saturated carbocycles. The van der Waals surface area contributed by atoms with Gasteiger partial charge >= 0.3 is 17.9 Å². The molecule has 0 aromatic rings. The maximum atomic E-state index is 12.8. The van der Waals surface area contributed by atoms with Crippen LogP contribution in [-0.4, -0.2) is 37.2 Å². The van der Waals surface area contributed by atoms with Crippen molar-refractivity contribution in [2.24, 2.45) is 0 Å². The fraction of sp³-hybridized carbons (Fsp3) is 0.721. The second-order valence-electron chi connectivity index (χ2n) is 18.5. The summed E-state index contributed by atoms with van der Waals surface area (Å²) < 4.78 is 16.8. The summed E-state index contributed by atoms with van der Waals surface area (Å²) in [6, 6.07) is 0. The largest absolute Gasteiger partial charge is 0.462 e. The molecule has 0 saturated heterocycles. The van der Waals surface area contributed by atoms with Crippen LogP contribution in [0.2, 0.25) is 0 Å². The molecule has 1 unspecified atom stereocenters. The molecule has 384 valence electrons. The number of esters is 3. The Morgan fingerprint density at radius 3 is 1.06 bits per heavy atom. The van der Waals surface area contributed by atoms with Gasteiger partial charge in [0.25, 0.3) is 0 Å². The van der Waals surface area contributed by atoms with Crippen LogP contribution in [0.1, 0.15) is 265 Å². The SMILES string of the molecule is CC/C=C\C/C=C\C/C=C\C/C=C\C/C=C\CCCC(=O)OC(COC(=O)CCCCCCCCCCCC/C=C\C=C/CCCCC)COC(=O)CCCCCCCCCCCCCCC. The molecule has 1 atom stereocenters. The minimum absolute atomic E-state index is 0.0982. The van der Waals surface area contributed by atoms with Gasteiger partial charge in [0.1, 0.15) is 13.2 Å². The standard InChI is InChI=1S/C61H104O6/c1-4-7-10-13-16-19-22-25-27-29-30-32-33-36-39-42-45-48-51-54-60(63)66-57-58(56-65-59(62)53-50-47-44-41-38-35-24-21-18-15-12-9-6-3)67-61(64)55-52-49-46-43-40-37-34-31-28-26-23-20-17-14-11-8-5-2/h8,11,16-17,19-20,22,25-26,28,34,37,43,46,58H,4-7,9-10,12-15,18,21,23-24,27,29-33,35-36,38-42,44-45,47-57H2,1-3H3/b11-8-,19-16-,20-17-,25-22-,28-26-,37-34-,46-43-. The van der Waals surface area contributed by atoms with Crippen LogP contribution < -0.4 is 0 Å². The summed E-state index contributed by atoms with van der Waals surface area (Å²) >= 11 is 0. The number of ether oxygens (including phenoxy) is 3. The lowest BCUT2D eigenvalue weighted by molar-refractivity contribution is -0.167. The second-order valence-corrected chi connectivity index (χ2v) is 18.5. The van der Waals surface area contributed by atoms with Crippen LogP contribution in [0.25, 0.3) is 0 Å². The Morgan fingerprint density at radius 2 is 0.642 bits per heavy atom. The van der Waals surface area contributed by atoms with E-state index in [1.165, 1.54) is 141 Å². The van der Waals surface area contributed by atoms with Gasteiger partial charge in [-0.15, -0.1) is 0 Å². The van der Waals surface area contributed by atoms with E-state index in [9.17, 15) is 14.4 Å². The van der Waals surface area contributed by atoms with Gasteiger partial charge in [-0.2, -0.15) is 0 Å². The third-order valence-corrected chi connectivity index (χ3v) is 11.9. The molecule has 0 aliphatic heterocycles. The van der Waals surface area contributed by atoms with Gasteiger partial charge in [-0.05, 0) is 83.5 Å². The van der Waals surface area contributed by atoms with Crippen LogP contribution in [0.3, 0.4) is 0 Å². The van der Waals surface area contributed by atoms with Gasteiger partial charge in [0.15, 0.2) is 6.10 Å². The van der Waals surface area contributed by atoms with Gasteiger partial charge in [0.2, 0.25) is 0 Å². The zero-order valence-electron chi connectivity index (χ0n) is 43.9. The maximum absolute atomic E-state index is 12.8. The summed E-state index contributed by atoms with van der Waals surface area (Å²) in [4.78, 5) is 38.1. The molecule has 0 aromatic carbocycles. The third-order valence-electron chi connectivity index (χ3n) is 11.9. The fourth-order valence-corrected chi connectivity index (χ4v) is 7.70. The van der Waals surface area contributed by atoms with Crippen molar-refractivity contribution in [2.75, 3.05) is 13.2 Å². The molecule has 6 heteroatoms. The highest BCUT2D eigenvalue weighted by molar-refractivity contribution is 5.71. The lowest BCUT2D eigenvalue weighted by Crippen LogP contribution is -2.30. The van der Waals surface area contributed by atoms with Crippen molar-refractivity contribution in [3.05, 3.63) is 85.1 Å². The Hall–Kier alpha value is -3.41. The molecule has 0 amide bonds. The average Bonchev–Trinajstić information content (AvgIpc) is 3.33. The van der Waals surface area contributed by atoms with E-state index in [0.29, 0.717) is 19.3 Å². The Labute approximate surface area is 414 Å². The minimum atomic E-state index is -0.806. The quantitative estimate of drug-likeness (QED) is 0.0199. The van der Waals surface area contributed by atoms with Crippen molar-refractivity contribution in [3.8, 4) is 0 Å². The van der Waals surface area contributed by atoms with E-state index in [1.807, 2.05) is 0 Å². The van der Waals surface area contributed by atoms with Crippen LogP contribution in [0, 0.1) is 0 Å². The molecule has 0 rings (SSSR count). The second kappa shape index (κ2) is 55.2. The normalized spacial score (nSPS) is 12.7. The number of hydrogen-bond donors (Lipinski definition) is 0. The van der Waals surface area contributed by atoms with E-state index >= 15 is 0 Å². The molecule has 0 N–H and O–H groups in total. The summed E-state index contributed by atoms with van der Waals surface area (Å²) in [5.41, 5.74) is 0. The molecule has 0 heterocycles. The first-order chi connectivity index (χ1) is 33.0. The lowest BCUT2D eigenvalue weighted by atomic mass is 10.0. The Bertz CT molecular complexity index is 1300. The van der Waals surface area contributed by atoms with E-state index in [4.69, 9.17) is 14.2 Å². The van der Waals surface area contributed by atoms with Crippen molar-refractivity contribution < 1.29 is 28.6 Å². The van der Waals surface area contributed by atoms with Crippen LogP contribution >= 0.6 is 0 Å². The molecule has 0 radical (unpaired) electrons. The number of rotatable bonds is 50. The average molecular weight is 933 g/mol. The number of carbonyl (C=O) groups is 3. The van der Waals surface area contributed by atoms with Crippen LogP contribution in [0.15, 0.2) is 85.1 Å². The van der Waals surface area contributed by atoms with Gasteiger partial charge < -0.3 is 14.2 Å². The van der Waals surface area contributed by atoms with Gasteiger partial charge in [-0.1, -0.05) is 247 Å². The first-order valence-electron chi connectivity index (χ1n) is 28.1. The van der Waals surface area contributed by atoms with Gasteiger partial charge in [-0.3, -0.25) is 14.4 Å². The van der Waals surface area contributed by atoms with Crippen LogP contribution in [0.5, 0.6) is 0 Å². The molecular formula is C61H104O6. The van der Waals surface area contributed by atoms with E-state index in [1.54, 1.807) is 0 Å². The zero-order valence-corrected chi connectivity index (χ0v) is 43.9. The number of hydrogen-bond acceptors (Lipinski definition) is 6. The van der Waals surface area contributed by atoms with E-state index in [0.717, 1.165) is 77.0 Å². The first-order valence-corrected chi connectivity index (χ1v) is 28.1.